The molecule has 1 nitrogen and oxygen atoms in total. The Morgan fingerprint density at radius 2 is 2.21 bits per heavy atom. The molecule has 0 spiro atoms. The Bertz CT molecular complexity index is 336. The van der Waals surface area contributed by atoms with E-state index in [9.17, 15) is 4.79 Å². The standard InChI is InChI=1S/C11H13BrOS/c1-2-8-3-4-9(11(14)5-8)6-10(13)7-12/h3-5,14H,2,6-7H2,1H3. The van der Waals surface area contributed by atoms with Gasteiger partial charge in [-0.1, -0.05) is 35.0 Å². The van der Waals surface area contributed by atoms with Crippen molar-refractivity contribution in [1.29, 1.82) is 0 Å². The maximum absolute atomic E-state index is 11.2. The number of aryl methyl sites for hydroxylation is 1. The number of benzene rings is 1. The van der Waals surface area contributed by atoms with E-state index in [4.69, 9.17) is 0 Å². The van der Waals surface area contributed by atoms with Crippen molar-refractivity contribution < 1.29 is 4.79 Å². The summed E-state index contributed by atoms with van der Waals surface area (Å²) in [6.45, 7) is 2.10. The SMILES string of the molecule is CCc1ccc(CC(=O)CBr)c(S)c1. The van der Waals surface area contributed by atoms with Crippen molar-refractivity contribution >= 4 is 34.3 Å². The molecule has 0 aliphatic rings. The molecule has 0 fully saturated rings. The topological polar surface area (TPSA) is 17.1 Å². The van der Waals surface area contributed by atoms with E-state index >= 15 is 0 Å². The second-order valence-electron chi connectivity index (χ2n) is 3.17. The number of carbonyl (C=O) groups excluding carboxylic acids is 1. The van der Waals surface area contributed by atoms with Gasteiger partial charge in [0.15, 0.2) is 0 Å². The Hall–Kier alpha value is -0.280. The molecule has 0 aliphatic heterocycles. The van der Waals surface area contributed by atoms with Crippen molar-refractivity contribution in [2.24, 2.45) is 0 Å². The highest BCUT2D eigenvalue weighted by atomic mass is 79.9. The minimum atomic E-state index is 0.185. The van der Waals surface area contributed by atoms with E-state index in [0.29, 0.717) is 11.8 Å². The Balaban J connectivity index is 2.83. The molecule has 76 valence electrons. The average molecular weight is 273 g/mol. The lowest BCUT2D eigenvalue weighted by Gasteiger charge is -2.05. The fourth-order valence-electron chi connectivity index (χ4n) is 1.24. The molecule has 0 unspecified atom stereocenters. The molecule has 0 bridgehead atoms. The highest BCUT2D eigenvalue weighted by Gasteiger charge is 2.05. The van der Waals surface area contributed by atoms with Gasteiger partial charge in [-0.05, 0) is 23.6 Å². The van der Waals surface area contributed by atoms with E-state index in [1.807, 2.05) is 12.1 Å². The predicted octanol–water partition coefficient (Wildman–Crippen LogP) is 3.04. The van der Waals surface area contributed by atoms with E-state index in [0.717, 1.165) is 16.9 Å². The Morgan fingerprint density at radius 3 is 2.71 bits per heavy atom. The number of thiol groups is 1. The van der Waals surface area contributed by atoms with E-state index in [-0.39, 0.29) is 5.78 Å². The molecule has 0 saturated carbocycles. The fraction of sp³-hybridized carbons (Fsp3) is 0.364. The largest absolute Gasteiger partial charge is 0.298 e. The van der Waals surface area contributed by atoms with Crippen LogP contribution in [0.15, 0.2) is 23.1 Å². The second kappa shape index (κ2) is 5.56. The van der Waals surface area contributed by atoms with Crippen molar-refractivity contribution in [2.75, 3.05) is 5.33 Å². The van der Waals surface area contributed by atoms with Crippen molar-refractivity contribution in [3.63, 3.8) is 0 Å². The number of alkyl halides is 1. The van der Waals surface area contributed by atoms with Crippen LogP contribution in [0.3, 0.4) is 0 Å². The van der Waals surface area contributed by atoms with Crippen molar-refractivity contribution in [2.45, 2.75) is 24.7 Å². The van der Waals surface area contributed by atoms with Crippen LogP contribution in [0, 0.1) is 0 Å². The quantitative estimate of drug-likeness (QED) is 0.659. The Kier molecular flexibility index (Phi) is 4.69. The number of hydrogen-bond donors (Lipinski definition) is 1. The van der Waals surface area contributed by atoms with E-state index < -0.39 is 0 Å². The highest BCUT2D eigenvalue weighted by Crippen LogP contribution is 2.17. The highest BCUT2D eigenvalue weighted by molar-refractivity contribution is 9.09. The second-order valence-corrected chi connectivity index (χ2v) is 4.21. The zero-order chi connectivity index (χ0) is 10.6. The minimum Gasteiger partial charge on any atom is -0.298 e. The summed E-state index contributed by atoms with van der Waals surface area (Å²) in [5, 5.41) is 0.412. The van der Waals surface area contributed by atoms with Crippen molar-refractivity contribution in [3.8, 4) is 0 Å². The lowest BCUT2D eigenvalue weighted by Crippen LogP contribution is -2.04. The molecule has 14 heavy (non-hydrogen) atoms. The van der Waals surface area contributed by atoms with Gasteiger partial charge in [-0.25, -0.2) is 0 Å². The predicted molar refractivity (Wildman–Crippen MR) is 65.6 cm³/mol. The number of hydrogen-bond acceptors (Lipinski definition) is 2. The molecule has 1 aromatic rings. The molecule has 0 aliphatic carbocycles. The maximum Gasteiger partial charge on any atom is 0.147 e. The third-order valence-electron chi connectivity index (χ3n) is 2.09. The molecule has 0 radical (unpaired) electrons. The molecular weight excluding hydrogens is 260 g/mol. The molecule has 1 aromatic carbocycles. The van der Waals surface area contributed by atoms with Gasteiger partial charge in [0.2, 0.25) is 0 Å². The van der Waals surface area contributed by atoms with Gasteiger partial charge in [0.1, 0.15) is 5.78 Å². The first-order chi connectivity index (χ1) is 6.67. The Labute approximate surface area is 98.4 Å². The summed E-state index contributed by atoms with van der Waals surface area (Å²) in [4.78, 5) is 12.1. The number of halogens is 1. The van der Waals surface area contributed by atoms with Gasteiger partial charge in [0, 0.05) is 11.3 Å². The van der Waals surface area contributed by atoms with Crippen LogP contribution < -0.4 is 0 Å². The van der Waals surface area contributed by atoms with Gasteiger partial charge < -0.3 is 0 Å². The minimum absolute atomic E-state index is 0.185. The molecule has 1 rings (SSSR count). The van der Waals surface area contributed by atoms with Crippen LogP contribution in [0.4, 0.5) is 0 Å². The lowest BCUT2D eigenvalue weighted by molar-refractivity contribution is -0.115. The molecule has 0 saturated heterocycles. The van der Waals surface area contributed by atoms with Crippen LogP contribution in [0.2, 0.25) is 0 Å². The zero-order valence-electron chi connectivity index (χ0n) is 8.09. The Morgan fingerprint density at radius 1 is 1.50 bits per heavy atom. The molecule has 0 atom stereocenters. The van der Waals surface area contributed by atoms with Crippen LogP contribution >= 0.6 is 28.6 Å². The smallest absolute Gasteiger partial charge is 0.147 e. The van der Waals surface area contributed by atoms with Gasteiger partial charge >= 0.3 is 0 Å². The lowest BCUT2D eigenvalue weighted by atomic mass is 10.1. The monoisotopic (exact) mass is 272 g/mol. The van der Waals surface area contributed by atoms with Crippen LogP contribution in [0.5, 0.6) is 0 Å². The van der Waals surface area contributed by atoms with Crippen LogP contribution in [-0.4, -0.2) is 11.1 Å². The summed E-state index contributed by atoms with van der Waals surface area (Å²) in [5.41, 5.74) is 2.26. The first kappa shape index (κ1) is 11.8. The summed E-state index contributed by atoms with van der Waals surface area (Å²) in [6, 6.07) is 6.07. The van der Waals surface area contributed by atoms with Gasteiger partial charge in [0.25, 0.3) is 0 Å². The summed E-state index contributed by atoms with van der Waals surface area (Å²) < 4.78 is 0. The summed E-state index contributed by atoms with van der Waals surface area (Å²) in [6.07, 6.45) is 1.47. The molecular formula is C11H13BrOS. The maximum atomic E-state index is 11.2. The van der Waals surface area contributed by atoms with Gasteiger partial charge in [-0.3, -0.25) is 4.79 Å². The van der Waals surface area contributed by atoms with Crippen molar-refractivity contribution in [3.05, 3.63) is 29.3 Å². The van der Waals surface area contributed by atoms with Crippen molar-refractivity contribution in [1.82, 2.24) is 0 Å². The van der Waals surface area contributed by atoms with E-state index in [1.54, 1.807) is 0 Å². The number of Topliss-reactive ketones (excluding diaryl/α,β-unsaturated/α-hetero) is 1. The van der Waals surface area contributed by atoms with Gasteiger partial charge in [-0.15, -0.1) is 12.6 Å². The molecule has 0 amide bonds. The van der Waals surface area contributed by atoms with Gasteiger partial charge in [-0.2, -0.15) is 0 Å². The number of ketones is 1. The number of rotatable bonds is 4. The third-order valence-corrected chi connectivity index (χ3v) is 3.14. The fourth-order valence-corrected chi connectivity index (χ4v) is 1.76. The summed E-state index contributed by atoms with van der Waals surface area (Å²) >= 11 is 7.52. The van der Waals surface area contributed by atoms with Gasteiger partial charge in [0.05, 0.1) is 5.33 Å². The normalized spacial score (nSPS) is 10.2. The third kappa shape index (κ3) is 3.14. The van der Waals surface area contributed by atoms with Crippen LogP contribution in [-0.2, 0) is 17.6 Å². The zero-order valence-corrected chi connectivity index (χ0v) is 10.6. The van der Waals surface area contributed by atoms with E-state index in [2.05, 4.69) is 41.5 Å². The molecule has 3 heteroatoms. The first-order valence-corrected chi connectivity index (χ1v) is 6.12. The van der Waals surface area contributed by atoms with E-state index in [1.165, 1.54) is 5.56 Å². The number of carbonyl (C=O) groups is 1. The summed E-state index contributed by atoms with van der Waals surface area (Å²) in [7, 11) is 0. The van der Waals surface area contributed by atoms with Crippen LogP contribution in [0.1, 0.15) is 18.1 Å². The van der Waals surface area contributed by atoms with Crippen LogP contribution in [0.25, 0.3) is 0 Å². The summed E-state index contributed by atoms with van der Waals surface area (Å²) in [5.74, 6) is 0.185. The molecule has 0 N–H and O–H groups in total. The average Bonchev–Trinajstić information content (AvgIpc) is 2.20. The molecule has 0 aromatic heterocycles. The first-order valence-electron chi connectivity index (χ1n) is 4.55. The molecule has 0 heterocycles.